The first-order chi connectivity index (χ1) is 17.7. The number of nitrogens with zero attached hydrogens (tertiary/aromatic N) is 1. The van der Waals surface area contributed by atoms with Crippen molar-refractivity contribution in [3.8, 4) is 5.75 Å². The van der Waals surface area contributed by atoms with Gasteiger partial charge in [-0.15, -0.1) is 0 Å². The van der Waals surface area contributed by atoms with Crippen LogP contribution in [0.25, 0.3) is 0 Å². The van der Waals surface area contributed by atoms with Gasteiger partial charge in [-0.05, 0) is 54.7 Å². The van der Waals surface area contributed by atoms with Crippen molar-refractivity contribution >= 4 is 21.6 Å². The molecule has 0 saturated carbocycles. The predicted octanol–water partition coefficient (Wildman–Crippen LogP) is 6.20. The van der Waals surface area contributed by atoms with Gasteiger partial charge in [0.25, 0.3) is 10.0 Å². The second kappa shape index (κ2) is 11.0. The van der Waals surface area contributed by atoms with Crippen molar-refractivity contribution in [1.82, 2.24) is 5.32 Å². The molecule has 0 spiro atoms. The Balaban J connectivity index is 1.65. The van der Waals surface area contributed by atoms with E-state index < -0.39 is 10.0 Å². The van der Waals surface area contributed by atoms with Crippen molar-refractivity contribution < 1.29 is 17.9 Å². The minimum absolute atomic E-state index is 0.142. The number of para-hydroxylation sites is 1. The largest absolute Gasteiger partial charge is 0.487 e. The van der Waals surface area contributed by atoms with E-state index >= 15 is 0 Å². The molecule has 0 bridgehead atoms. The zero-order chi connectivity index (χ0) is 26.6. The maximum atomic E-state index is 13.7. The molecule has 1 amide bonds. The van der Waals surface area contributed by atoms with E-state index in [9.17, 15) is 13.2 Å². The molecule has 4 rings (SSSR count). The first-order valence-electron chi connectivity index (χ1n) is 12.9. The van der Waals surface area contributed by atoms with Crippen molar-refractivity contribution in [1.29, 1.82) is 0 Å². The van der Waals surface area contributed by atoms with Crippen LogP contribution in [0.4, 0.5) is 5.69 Å². The molecule has 0 radical (unpaired) electrons. The number of amides is 1. The number of hydrogen-bond acceptors (Lipinski definition) is 4. The Labute approximate surface area is 220 Å². The minimum atomic E-state index is -3.97. The lowest BCUT2D eigenvalue weighted by atomic mass is 9.83. The zero-order valence-electron chi connectivity index (χ0n) is 22.0. The van der Waals surface area contributed by atoms with E-state index in [2.05, 4.69) is 33.0 Å². The van der Waals surface area contributed by atoms with E-state index in [0.29, 0.717) is 18.0 Å². The summed E-state index contributed by atoms with van der Waals surface area (Å²) in [4.78, 5) is 13.6. The quantitative estimate of drug-likeness (QED) is 0.364. The van der Waals surface area contributed by atoms with Gasteiger partial charge in [0.2, 0.25) is 5.91 Å². The average Bonchev–Trinajstić information content (AvgIpc) is 2.92. The van der Waals surface area contributed by atoms with Gasteiger partial charge in [-0.3, -0.25) is 9.10 Å². The molecule has 0 saturated heterocycles. The monoisotopic (exact) mass is 520 g/mol. The molecule has 1 aliphatic rings. The highest BCUT2D eigenvalue weighted by Gasteiger charge is 2.39. The fourth-order valence-corrected chi connectivity index (χ4v) is 6.30. The van der Waals surface area contributed by atoms with Crippen molar-refractivity contribution in [3.63, 3.8) is 0 Å². The SMILES string of the molecule is CCC1(CC)C[C@H](NC(=O)CN(c2ccc(C(C)C)cc2)S(=O)(=O)c2ccccc2)c2ccccc2O1. The van der Waals surface area contributed by atoms with Crippen LogP contribution in [-0.4, -0.2) is 26.5 Å². The summed E-state index contributed by atoms with van der Waals surface area (Å²) in [5.41, 5.74) is 2.08. The summed E-state index contributed by atoms with van der Waals surface area (Å²) >= 11 is 0. The maximum Gasteiger partial charge on any atom is 0.264 e. The van der Waals surface area contributed by atoms with Gasteiger partial charge in [-0.1, -0.05) is 76.2 Å². The van der Waals surface area contributed by atoms with Gasteiger partial charge in [0.05, 0.1) is 16.6 Å². The summed E-state index contributed by atoms with van der Waals surface area (Å²) < 4.78 is 35.0. The first-order valence-corrected chi connectivity index (χ1v) is 14.4. The number of nitrogens with one attached hydrogen (secondary N) is 1. The third-order valence-corrected chi connectivity index (χ3v) is 9.08. The smallest absolute Gasteiger partial charge is 0.264 e. The maximum absolute atomic E-state index is 13.7. The predicted molar refractivity (Wildman–Crippen MR) is 147 cm³/mol. The van der Waals surface area contributed by atoms with E-state index in [-0.39, 0.29) is 29.0 Å². The van der Waals surface area contributed by atoms with Gasteiger partial charge in [0.1, 0.15) is 17.9 Å². The van der Waals surface area contributed by atoms with Crippen LogP contribution in [0.5, 0.6) is 5.75 Å². The highest BCUT2D eigenvalue weighted by Crippen LogP contribution is 2.42. The Morgan fingerprint density at radius 3 is 2.22 bits per heavy atom. The summed E-state index contributed by atoms with van der Waals surface area (Å²) in [5.74, 6) is 0.707. The summed E-state index contributed by atoms with van der Waals surface area (Å²) in [6.07, 6.45) is 2.24. The van der Waals surface area contributed by atoms with Gasteiger partial charge in [-0.25, -0.2) is 8.42 Å². The Hall–Kier alpha value is -3.32. The lowest BCUT2D eigenvalue weighted by molar-refractivity contribution is -0.121. The fourth-order valence-electron chi connectivity index (χ4n) is 4.86. The topological polar surface area (TPSA) is 75.7 Å². The number of carbonyl (C=O) groups excluding carboxylic acids is 1. The number of ether oxygens (including phenoxy) is 1. The molecule has 6 nitrogen and oxygen atoms in total. The number of benzene rings is 3. The van der Waals surface area contributed by atoms with Crippen LogP contribution >= 0.6 is 0 Å². The molecular formula is C30H36N2O4S. The summed E-state index contributed by atoms with van der Waals surface area (Å²) in [6.45, 7) is 8.01. The van der Waals surface area contributed by atoms with Crippen LogP contribution in [0.15, 0.2) is 83.8 Å². The van der Waals surface area contributed by atoms with Gasteiger partial charge in [0, 0.05) is 12.0 Å². The first kappa shape index (κ1) is 26.7. The molecule has 3 aromatic rings. The molecule has 1 N–H and O–H groups in total. The molecule has 37 heavy (non-hydrogen) atoms. The molecule has 1 atom stereocenters. The van der Waals surface area contributed by atoms with Crippen LogP contribution in [0.2, 0.25) is 0 Å². The molecule has 0 aliphatic carbocycles. The molecule has 3 aromatic carbocycles. The van der Waals surface area contributed by atoms with Gasteiger partial charge in [0.15, 0.2) is 0 Å². The van der Waals surface area contributed by atoms with E-state index in [1.165, 1.54) is 4.31 Å². The Kier molecular flexibility index (Phi) is 7.93. The molecule has 0 unspecified atom stereocenters. The van der Waals surface area contributed by atoms with Gasteiger partial charge >= 0.3 is 0 Å². The van der Waals surface area contributed by atoms with Gasteiger partial charge < -0.3 is 10.1 Å². The van der Waals surface area contributed by atoms with E-state index in [1.54, 1.807) is 42.5 Å². The molecule has 1 aliphatic heterocycles. The normalized spacial score (nSPS) is 16.5. The lowest BCUT2D eigenvalue weighted by Crippen LogP contribution is -2.47. The molecule has 1 heterocycles. The van der Waals surface area contributed by atoms with Crippen molar-refractivity contribution in [3.05, 3.63) is 90.0 Å². The number of rotatable bonds is 9. The minimum Gasteiger partial charge on any atom is -0.487 e. The van der Waals surface area contributed by atoms with E-state index in [1.807, 2.05) is 36.4 Å². The standard InChI is InChI=1S/C30H36N2O4S/c1-5-30(6-2)20-27(26-14-10-11-15-28(26)36-30)31-29(33)21-32(24-18-16-23(17-19-24)22(3)4)37(34,35)25-12-8-7-9-13-25/h7-19,22,27H,5-6,20-21H2,1-4H3,(H,31,33)/t27-/m0/s1. The summed E-state index contributed by atoms with van der Waals surface area (Å²) in [5, 5.41) is 3.13. The lowest BCUT2D eigenvalue weighted by Gasteiger charge is -2.41. The molecule has 196 valence electrons. The third-order valence-electron chi connectivity index (χ3n) is 7.29. The average molecular weight is 521 g/mol. The number of anilines is 1. The van der Waals surface area contributed by atoms with Crippen molar-refractivity contribution in [2.75, 3.05) is 10.8 Å². The van der Waals surface area contributed by atoms with Crippen LogP contribution in [0.1, 0.15) is 70.0 Å². The second-order valence-corrected chi connectivity index (χ2v) is 11.8. The van der Waals surface area contributed by atoms with Crippen LogP contribution < -0.4 is 14.4 Å². The third kappa shape index (κ3) is 5.67. The van der Waals surface area contributed by atoms with Crippen LogP contribution in [0, 0.1) is 0 Å². The highest BCUT2D eigenvalue weighted by atomic mass is 32.2. The molecule has 7 heteroatoms. The summed E-state index contributed by atoms with van der Waals surface area (Å²) in [6, 6.07) is 23.1. The van der Waals surface area contributed by atoms with Crippen LogP contribution in [0.3, 0.4) is 0 Å². The second-order valence-electron chi connectivity index (χ2n) is 9.93. The van der Waals surface area contributed by atoms with E-state index in [0.717, 1.165) is 29.7 Å². The number of carbonyl (C=O) groups is 1. The Bertz CT molecular complexity index is 1320. The highest BCUT2D eigenvalue weighted by molar-refractivity contribution is 7.92. The van der Waals surface area contributed by atoms with Crippen molar-refractivity contribution in [2.45, 2.75) is 69.4 Å². The van der Waals surface area contributed by atoms with Crippen LogP contribution in [-0.2, 0) is 14.8 Å². The Morgan fingerprint density at radius 1 is 0.973 bits per heavy atom. The Morgan fingerprint density at radius 2 is 1.59 bits per heavy atom. The van der Waals surface area contributed by atoms with Gasteiger partial charge in [-0.2, -0.15) is 0 Å². The van der Waals surface area contributed by atoms with E-state index in [4.69, 9.17) is 4.74 Å². The summed E-state index contributed by atoms with van der Waals surface area (Å²) in [7, 11) is -3.97. The number of sulfonamides is 1. The molecule has 0 fully saturated rings. The van der Waals surface area contributed by atoms with Crippen molar-refractivity contribution in [2.24, 2.45) is 0 Å². The zero-order valence-corrected chi connectivity index (χ0v) is 22.8. The fraction of sp³-hybridized carbons (Fsp3) is 0.367. The number of hydrogen-bond donors (Lipinski definition) is 1. The number of fused-ring (bicyclic) bond motifs is 1. The molecule has 0 aromatic heterocycles. The molecular weight excluding hydrogens is 484 g/mol.